The van der Waals surface area contributed by atoms with E-state index in [0.29, 0.717) is 18.7 Å². The third-order valence-corrected chi connectivity index (χ3v) is 3.98. The van der Waals surface area contributed by atoms with E-state index in [-0.39, 0.29) is 17.6 Å². The Labute approximate surface area is 133 Å². The van der Waals surface area contributed by atoms with Crippen molar-refractivity contribution in [3.8, 4) is 0 Å². The molecule has 1 aliphatic heterocycles. The summed E-state index contributed by atoms with van der Waals surface area (Å²) < 4.78 is 12.9. The Morgan fingerprint density at radius 1 is 1.17 bits per heavy atom. The van der Waals surface area contributed by atoms with Gasteiger partial charge < -0.3 is 10.2 Å². The van der Waals surface area contributed by atoms with Gasteiger partial charge in [0.05, 0.1) is 0 Å². The number of anilines is 1. The van der Waals surface area contributed by atoms with E-state index in [9.17, 15) is 14.0 Å². The summed E-state index contributed by atoms with van der Waals surface area (Å²) in [6, 6.07) is 11.3. The zero-order chi connectivity index (χ0) is 16.4. The number of amides is 2. The van der Waals surface area contributed by atoms with E-state index < -0.39 is 0 Å². The van der Waals surface area contributed by atoms with E-state index in [1.165, 1.54) is 24.3 Å². The van der Waals surface area contributed by atoms with Crippen molar-refractivity contribution in [1.29, 1.82) is 0 Å². The molecule has 0 spiro atoms. The monoisotopic (exact) mass is 312 g/mol. The van der Waals surface area contributed by atoms with Crippen LogP contribution in [0.2, 0.25) is 0 Å². The Morgan fingerprint density at radius 2 is 1.91 bits per heavy atom. The van der Waals surface area contributed by atoms with Crippen molar-refractivity contribution in [3.63, 3.8) is 0 Å². The molecule has 3 rings (SSSR count). The minimum atomic E-state index is -0.366. The van der Waals surface area contributed by atoms with Crippen molar-refractivity contribution >= 4 is 17.5 Å². The fourth-order valence-electron chi connectivity index (χ4n) is 2.78. The molecule has 0 radical (unpaired) electrons. The zero-order valence-electron chi connectivity index (χ0n) is 12.8. The summed E-state index contributed by atoms with van der Waals surface area (Å²) in [7, 11) is 0. The van der Waals surface area contributed by atoms with Crippen LogP contribution in [-0.4, -0.2) is 18.4 Å². The smallest absolute Gasteiger partial charge is 0.251 e. The van der Waals surface area contributed by atoms with Crippen molar-refractivity contribution in [2.24, 2.45) is 0 Å². The highest BCUT2D eigenvalue weighted by atomic mass is 19.1. The number of carbonyl (C=O) groups is 2. The molecule has 5 heteroatoms. The first-order chi connectivity index (χ1) is 11.0. The summed E-state index contributed by atoms with van der Waals surface area (Å²) in [6.07, 6.45) is 0.828. The van der Waals surface area contributed by atoms with Crippen molar-refractivity contribution < 1.29 is 14.0 Å². The van der Waals surface area contributed by atoms with E-state index in [1.54, 1.807) is 11.8 Å². The summed E-state index contributed by atoms with van der Waals surface area (Å²) in [6.45, 7) is 2.66. The molecule has 2 amide bonds. The Morgan fingerprint density at radius 3 is 2.61 bits per heavy atom. The predicted octanol–water partition coefficient (Wildman–Crippen LogP) is 2.66. The van der Waals surface area contributed by atoms with E-state index in [4.69, 9.17) is 0 Å². The van der Waals surface area contributed by atoms with Crippen LogP contribution in [0, 0.1) is 5.82 Å². The highest BCUT2D eigenvalue weighted by Crippen LogP contribution is 2.28. The zero-order valence-corrected chi connectivity index (χ0v) is 12.8. The van der Waals surface area contributed by atoms with E-state index in [0.717, 1.165) is 23.2 Å². The first-order valence-electron chi connectivity index (χ1n) is 7.48. The molecule has 1 aliphatic rings. The number of nitrogens with one attached hydrogen (secondary N) is 1. The highest BCUT2D eigenvalue weighted by Gasteiger charge is 2.22. The number of hydrogen-bond donors (Lipinski definition) is 1. The summed E-state index contributed by atoms with van der Waals surface area (Å²) in [5.74, 6) is -0.563. The van der Waals surface area contributed by atoms with E-state index >= 15 is 0 Å². The van der Waals surface area contributed by atoms with Crippen molar-refractivity contribution in [3.05, 3.63) is 65.0 Å². The topological polar surface area (TPSA) is 49.4 Å². The predicted molar refractivity (Wildman–Crippen MR) is 85.7 cm³/mol. The highest BCUT2D eigenvalue weighted by molar-refractivity contribution is 5.94. The second kappa shape index (κ2) is 6.20. The largest absolute Gasteiger partial charge is 0.348 e. The average molecular weight is 312 g/mol. The van der Waals surface area contributed by atoms with Crippen LogP contribution in [0.5, 0.6) is 0 Å². The Bertz CT molecular complexity index is 756. The van der Waals surface area contributed by atoms with Gasteiger partial charge in [-0.2, -0.15) is 0 Å². The van der Waals surface area contributed by atoms with Gasteiger partial charge >= 0.3 is 0 Å². The van der Waals surface area contributed by atoms with E-state index in [1.807, 2.05) is 18.2 Å². The number of halogens is 1. The molecule has 2 aromatic carbocycles. The summed E-state index contributed by atoms with van der Waals surface area (Å²) in [5.41, 5.74) is 3.47. The van der Waals surface area contributed by atoms with Crippen molar-refractivity contribution in [2.75, 3.05) is 11.4 Å². The molecule has 0 aliphatic carbocycles. The summed E-state index contributed by atoms with van der Waals surface area (Å²) in [4.78, 5) is 25.3. The number of nitrogens with zero attached hydrogens (tertiary/aromatic N) is 1. The van der Waals surface area contributed by atoms with Gasteiger partial charge in [0, 0.05) is 31.3 Å². The number of hydrogen-bond acceptors (Lipinski definition) is 2. The number of carbonyl (C=O) groups excluding carboxylic acids is 2. The first kappa shape index (κ1) is 15.2. The van der Waals surface area contributed by atoms with Crippen LogP contribution in [0.25, 0.3) is 0 Å². The molecule has 118 valence electrons. The van der Waals surface area contributed by atoms with E-state index in [2.05, 4.69) is 5.32 Å². The Hall–Kier alpha value is -2.69. The molecule has 0 saturated carbocycles. The van der Waals surface area contributed by atoms with Gasteiger partial charge in [0.1, 0.15) is 5.82 Å². The SMILES string of the molecule is CC(=O)N1CCc2cc(CNC(=O)c3ccc(F)cc3)ccc21. The minimum absolute atomic E-state index is 0.0427. The molecule has 4 nitrogen and oxygen atoms in total. The van der Waals surface area contributed by atoms with Gasteiger partial charge in [-0.3, -0.25) is 9.59 Å². The van der Waals surface area contributed by atoms with Gasteiger partial charge in [0.25, 0.3) is 5.91 Å². The van der Waals surface area contributed by atoms with Crippen molar-refractivity contribution in [1.82, 2.24) is 5.32 Å². The maximum Gasteiger partial charge on any atom is 0.251 e. The molecule has 0 bridgehead atoms. The lowest BCUT2D eigenvalue weighted by Crippen LogP contribution is -2.25. The third-order valence-electron chi connectivity index (χ3n) is 3.98. The molecule has 1 heterocycles. The molecule has 2 aromatic rings. The summed E-state index contributed by atoms with van der Waals surface area (Å²) >= 11 is 0. The number of fused-ring (bicyclic) bond motifs is 1. The fraction of sp³-hybridized carbons (Fsp3) is 0.222. The van der Waals surface area contributed by atoms with Crippen LogP contribution in [0.3, 0.4) is 0 Å². The van der Waals surface area contributed by atoms with Gasteiger partial charge in [-0.15, -0.1) is 0 Å². The number of benzene rings is 2. The third kappa shape index (κ3) is 3.23. The molecule has 0 saturated heterocycles. The van der Waals surface area contributed by atoms with Gasteiger partial charge in [0.15, 0.2) is 0 Å². The maximum atomic E-state index is 12.9. The lowest BCUT2D eigenvalue weighted by molar-refractivity contribution is -0.116. The molecule has 0 atom stereocenters. The average Bonchev–Trinajstić information content (AvgIpc) is 2.96. The number of rotatable bonds is 3. The molecule has 1 N–H and O–H groups in total. The van der Waals surface area contributed by atoms with Gasteiger partial charge in [0.2, 0.25) is 5.91 Å². The Balaban J connectivity index is 1.66. The molecular formula is C18H17FN2O2. The Kier molecular flexibility index (Phi) is 4.10. The minimum Gasteiger partial charge on any atom is -0.348 e. The molecule has 0 unspecified atom stereocenters. The molecule has 0 fully saturated rings. The van der Waals surface area contributed by atoms with Gasteiger partial charge in [-0.1, -0.05) is 12.1 Å². The van der Waals surface area contributed by atoms with Gasteiger partial charge in [-0.05, 0) is 47.9 Å². The van der Waals surface area contributed by atoms with Crippen LogP contribution in [0.1, 0.15) is 28.4 Å². The standard InChI is InChI=1S/C18H17FN2O2/c1-12(22)21-9-8-15-10-13(2-7-17(15)21)11-20-18(23)14-3-5-16(19)6-4-14/h2-7,10H,8-9,11H2,1H3,(H,20,23). The van der Waals surface area contributed by atoms with Crippen LogP contribution in [0.15, 0.2) is 42.5 Å². The van der Waals surface area contributed by atoms with Gasteiger partial charge in [-0.25, -0.2) is 4.39 Å². The lowest BCUT2D eigenvalue weighted by atomic mass is 10.1. The summed E-state index contributed by atoms with van der Waals surface area (Å²) in [5, 5.41) is 2.82. The van der Waals surface area contributed by atoms with Crippen LogP contribution < -0.4 is 10.2 Å². The van der Waals surface area contributed by atoms with Crippen LogP contribution in [0.4, 0.5) is 10.1 Å². The fourth-order valence-corrected chi connectivity index (χ4v) is 2.78. The van der Waals surface area contributed by atoms with Crippen LogP contribution in [-0.2, 0) is 17.8 Å². The van der Waals surface area contributed by atoms with Crippen LogP contribution >= 0.6 is 0 Å². The second-order valence-corrected chi connectivity index (χ2v) is 5.57. The van der Waals surface area contributed by atoms with Crippen molar-refractivity contribution in [2.45, 2.75) is 19.9 Å². The molecule has 0 aromatic heterocycles. The quantitative estimate of drug-likeness (QED) is 0.947. The normalized spacial score (nSPS) is 12.9. The molecular weight excluding hydrogens is 295 g/mol. The second-order valence-electron chi connectivity index (χ2n) is 5.57. The first-order valence-corrected chi connectivity index (χ1v) is 7.48. The lowest BCUT2D eigenvalue weighted by Gasteiger charge is -2.15. The maximum absolute atomic E-state index is 12.9. The molecule has 23 heavy (non-hydrogen) atoms.